The van der Waals surface area contributed by atoms with Crippen molar-refractivity contribution in [2.45, 2.75) is 6.54 Å². The number of benzene rings is 1. The lowest BCUT2D eigenvalue weighted by atomic mass is 10.3. The third-order valence-electron chi connectivity index (χ3n) is 3.02. The summed E-state index contributed by atoms with van der Waals surface area (Å²) in [6.07, 6.45) is 1.65. The molecule has 2 aromatic heterocycles. The first kappa shape index (κ1) is 13.6. The van der Waals surface area contributed by atoms with Crippen molar-refractivity contribution < 1.29 is 4.39 Å². The predicted molar refractivity (Wildman–Crippen MR) is 80.2 cm³/mol. The second-order valence-corrected chi connectivity index (χ2v) is 4.93. The zero-order valence-electron chi connectivity index (χ0n) is 10.9. The Morgan fingerprint density at radius 3 is 2.90 bits per heavy atom. The van der Waals surface area contributed by atoms with Gasteiger partial charge in [0.1, 0.15) is 11.5 Å². The Morgan fingerprint density at radius 2 is 2.10 bits per heavy atom. The van der Waals surface area contributed by atoms with E-state index in [0.29, 0.717) is 22.1 Å². The fourth-order valence-corrected chi connectivity index (χ4v) is 2.17. The van der Waals surface area contributed by atoms with Gasteiger partial charge < -0.3 is 5.32 Å². The van der Waals surface area contributed by atoms with E-state index in [4.69, 9.17) is 11.6 Å². The summed E-state index contributed by atoms with van der Waals surface area (Å²) in [5.41, 5.74) is 1.24. The number of hydrogen-bond donors (Lipinski definition) is 1. The molecule has 21 heavy (non-hydrogen) atoms. The molecule has 0 unspecified atom stereocenters. The second-order valence-electron chi connectivity index (χ2n) is 4.49. The molecule has 4 nitrogen and oxygen atoms in total. The van der Waals surface area contributed by atoms with Crippen LogP contribution >= 0.6 is 11.6 Å². The van der Waals surface area contributed by atoms with E-state index in [1.807, 2.05) is 0 Å². The van der Waals surface area contributed by atoms with Crippen LogP contribution in [-0.2, 0) is 6.54 Å². The maximum atomic E-state index is 13.7. The lowest BCUT2D eigenvalue weighted by molar-refractivity contribution is 0.630. The summed E-state index contributed by atoms with van der Waals surface area (Å²) in [6, 6.07) is 11.1. The lowest BCUT2D eigenvalue weighted by Gasteiger charge is -2.08. The van der Waals surface area contributed by atoms with E-state index < -0.39 is 5.82 Å². The zero-order chi connectivity index (χ0) is 14.8. The summed E-state index contributed by atoms with van der Waals surface area (Å²) in [5.74, 6) is -0.444. The van der Waals surface area contributed by atoms with Crippen LogP contribution in [-0.4, -0.2) is 9.38 Å². The number of rotatable bonds is 3. The largest absolute Gasteiger partial charge is 0.377 e. The Morgan fingerprint density at radius 1 is 1.24 bits per heavy atom. The Balaban J connectivity index is 1.87. The van der Waals surface area contributed by atoms with Crippen molar-refractivity contribution in [2.75, 3.05) is 5.32 Å². The molecular formula is C15H11ClFN3O. The van der Waals surface area contributed by atoms with Crippen molar-refractivity contribution in [1.82, 2.24) is 9.38 Å². The Hall–Kier alpha value is -2.40. The molecule has 106 valence electrons. The van der Waals surface area contributed by atoms with Gasteiger partial charge in [0.25, 0.3) is 5.56 Å². The van der Waals surface area contributed by atoms with Crippen LogP contribution in [0.1, 0.15) is 5.69 Å². The molecule has 0 radical (unpaired) electrons. The van der Waals surface area contributed by atoms with E-state index in [1.165, 1.54) is 16.5 Å². The van der Waals surface area contributed by atoms with E-state index in [1.54, 1.807) is 36.5 Å². The molecule has 1 aromatic carbocycles. The van der Waals surface area contributed by atoms with Gasteiger partial charge in [-0.1, -0.05) is 17.7 Å². The minimum Gasteiger partial charge on any atom is -0.377 e. The SMILES string of the molecule is O=c1cc(CNc2ccc(Cl)cc2F)nc2ccccn12. The summed E-state index contributed by atoms with van der Waals surface area (Å²) in [6.45, 7) is 0.249. The topological polar surface area (TPSA) is 46.4 Å². The van der Waals surface area contributed by atoms with Gasteiger partial charge in [-0.25, -0.2) is 9.37 Å². The van der Waals surface area contributed by atoms with E-state index in [2.05, 4.69) is 10.3 Å². The molecule has 2 heterocycles. The standard InChI is InChI=1S/C15H11ClFN3O/c16-10-4-5-13(12(17)7-10)18-9-11-8-15(21)20-6-2-1-3-14(20)19-11/h1-8,18H,9H2. The number of anilines is 1. The minimum absolute atomic E-state index is 0.172. The molecule has 1 N–H and O–H groups in total. The second kappa shape index (κ2) is 5.54. The molecule has 0 saturated carbocycles. The van der Waals surface area contributed by atoms with Crippen LogP contribution < -0.4 is 10.9 Å². The van der Waals surface area contributed by atoms with Crippen LogP contribution in [0.5, 0.6) is 0 Å². The van der Waals surface area contributed by atoms with Crippen LogP contribution in [0.4, 0.5) is 10.1 Å². The molecule has 6 heteroatoms. The van der Waals surface area contributed by atoms with E-state index >= 15 is 0 Å². The molecule has 0 fully saturated rings. The number of aromatic nitrogens is 2. The number of hydrogen-bond acceptors (Lipinski definition) is 3. The van der Waals surface area contributed by atoms with Crippen LogP contribution in [0.25, 0.3) is 5.65 Å². The van der Waals surface area contributed by atoms with E-state index in [-0.39, 0.29) is 12.1 Å². The predicted octanol–water partition coefficient (Wildman–Crippen LogP) is 3.10. The van der Waals surface area contributed by atoms with Gasteiger partial charge in [-0.05, 0) is 30.3 Å². The highest BCUT2D eigenvalue weighted by molar-refractivity contribution is 6.30. The minimum atomic E-state index is -0.444. The summed E-state index contributed by atoms with van der Waals surface area (Å²) in [4.78, 5) is 16.3. The highest BCUT2D eigenvalue weighted by Crippen LogP contribution is 2.19. The molecule has 0 amide bonds. The summed E-state index contributed by atoms with van der Waals surface area (Å²) in [7, 11) is 0. The van der Waals surface area contributed by atoms with Gasteiger partial charge in [0, 0.05) is 17.3 Å². The van der Waals surface area contributed by atoms with Crippen molar-refractivity contribution in [1.29, 1.82) is 0 Å². The molecule has 0 aliphatic carbocycles. The lowest BCUT2D eigenvalue weighted by Crippen LogP contribution is -2.16. The number of nitrogens with one attached hydrogen (secondary N) is 1. The Labute approximate surface area is 124 Å². The average molecular weight is 304 g/mol. The zero-order valence-corrected chi connectivity index (χ0v) is 11.6. The number of pyridine rings is 1. The van der Waals surface area contributed by atoms with Crippen molar-refractivity contribution >= 4 is 22.9 Å². The first-order valence-corrected chi connectivity index (χ1v) is 6.67. The van der Waals surface area contributed by atoms with Gasteiger partial charge in [-0.15, -0.1) is 0 Å². The quantitative estimate of drug-likeness (QED) is 0.809. The highest BCUT2D eigenvalue weighted by Gasteiger charge is 2.05. The maximum Gasteiger partial charge on any atom is 0.258 e. The van der Waals surface area contributed by atoms with Crippen molar-refractivity contribution in [3.63, 3.8) is 0 Å². The molecule has 0 bridgehead atoms. The van der Waals surface area contributed by atoms with Gasteiger partial charge in [0.15, 0.2) is 0 Å². The molecule has 0 aliphatic heterocycles. The third-order valence-corrected chi connectivity index (χ3v) is 3.25. The molecular weight excluding hydrogens is 293 g/mol. The van der Waals surface area contributed by atoms with Gasteiger partial charge in [-0.3, -0.25) is 9.20 Å². The number of halogens is 2. The first-order chi connectivity index (χ1) is 10.1. The fourth-order valence-electron chi connectivity index (χ4n) is 2.01. The third kappa shape index (κ3) is 2.87. The fraction of sp³-hybridized carbons (Fsp3) is 0.0667. The first-order valence-electron chi connectivity index (χ1n) is 6.30. The Kier molecular flexibility index (Phi) is 3.58. The summed E-state index contributed by atoms with van der Waals surface area (Å²) < 4.78 is 15.1. The highest BCUT2D eigenvalue weighted by atomic mass is 35.5. The molecule has 0 spiro atoms. The van der Waals surface area contributed by atoms with Crippen LogP contribution in [0.2, 0.25) is 5.02 Å². The van der Waals surface area contributed by atoms with E-state index in [0.717, 1.165) is 0 Å². The van der Waals surface area contributed by atoms with Gasteiger partial charge in [-0.2, -0.15) is 0 Å². The number of fused-ring (bicyclic) bond motifs is 1. The molecule has 0 saturated heterocycles. The number of nitrogens with zero attached hydrogens (tertiary/aromatic N) is 2. The van der Waals surface area contributed by atoms with E-state index in [9.17, 15) is 9.18 Å². The van der Waals surface area contributed by atoms with Crippen LogP contribution in [0.3, 0.4) is 0 Å². The average Bonchev–Trinajstić information content (AvgIpc) is 2.46. The maximum absolute atomic E-state index is 13.7. The summed E-state index contributed by atoms with van der Waals surface area (Å²) >= 11 is 5.70. The van der Waals surface area contributed by atoms with Crippen molar-refractivity contribution in [3.8, 4) is 0 Å². The molecule has 0 aliphatic rings. The van der Waals surface area contributed by atoms with Crippen molar-refractivity contribution in [3.05, 3.63) is 75.5 Å². The Bertz CT molecular complexity index is 863. The van der Waals surface area contributed by atoms with Gasteiger partial charge in [0.2, 0.25) is 0 Å². The van der Waals surface area contributed by atoms with Gasteiger partial charge >= 0.3 is 0 Å². The normalized spacial score (nSPS) is 10.8. The van der Waals surface area contributed by atoms with Gasteiger partial charge in [0.05, 0.1) is 17.9 Å². The van der Waals surface area contributed by atoms with Crippen LogP contribution in [0.15, 0.2) is 53.5 Å². The smallest absolute Gasteiger partial charge is 0.258 e. The molecule has 3 rings (SSSR count). The monoisotopic (exact) mass is 303 g/mol. The molecule has 0 atom stereocenters. The molecule has 3 aromatic rings. The van der Waals surface area contributed by atoms with Crippen LogP contribution in [0, 0.1) is 5.82 Å². The van der Waals surface area contributed by atoms with Crippen molar-refractivity contribution in [2.24, 2.45) is 0 Å². The summed E-state index contributed by atoms with van der Waals surface area (Å²) in [5, 5.41) is 3.24.